The molecule has 0 radical (unpaired) electrons. The summed E-state index contributed by atoms with van der Waals surface area (Å²) in [6.07, 6.45) is 10.2. The van der Waals surface area contributed by atoms with Crippen molar-refractivity contribution in [1.29, 1.82) is 0 Å². The number of aryl methyl sites for hydroxylation is 2. The minimum Gasteiger partial charge on any atom is -0.508 e. The zero-order valence-electron chi connectivity index (χ0n) is 12.0. The second-order valence-corrected chi connectivity index (χ2v) is 3.94. The number of rotatable bonds is 5. The van der Waals surface area contributed by atoms with Crippen molar-refractivity contribution in [3.8, 4) is 0 Å². The van der Waals surface area contributed by atoms with Gasteiger partial charge in [-0.1, -0.05) is 69.5 Å². The molecule has 1 aromatic rings. The minimum atomic E-state index is 0.160. The number of hydrogen-bond donors (Lipinski definition) is 1. The monoisotopic (exact) mass is 256 g/mol. The number of allylic oxidation sites excluding steroid dienone is 5. The van der Waals surface area contributed by atoms with Gasteiger partial charge in [0.25, 0.3) is 0 Å². The molecule has 0 saturated carbocycles. The van der Waals surface area contributed by atoms with E-state index in [1.807, 2.05) is 0 Å². The van der Waals surface area contributed by atoms with Gasteiger partial charge >= 0.3 is 0 Å². The van der Waals surface area contributed by atoms with E-state index in [9.17, 15) is 0 Å². The van der Waals surface area contributed by atoms with Gasteiger partial charge in [0.15, 0.2) is 0 Å². The molecule has 102 valence electrons. The summed E-state index contributed by atoms with van der Waals surface area (Å²) in [6, 6.07) is 8.83. The smallest absolute Gasteiger partial charge is 0.114 e. The Morgan fingerprint density at radius 3 is 1.79 bits per heavy atom. The molecule has 19 heavy (non-hydrogen) atoms. The van der Waals surface area contributed by atoms with Crippen LogP contribution < -0.4 is 0 Å². The number of aliphatic hydroxyl groups is 1. The fraction of sp³-hybridized carbons (Fsp3) is 0.222. The van der Waals surface area contributed by atoms with Gasteiger partial charge in [-0.25, -0.2) is 0 Å². The van der Waals surface area contributed by atoms with Crippen LogP contribution in [0.25, 0.3) is 0 Å². The van der Waals surface area contributed by atoms with Gasteiger partial charge in [-0.15, -0.1) is 0 Å². The molecule has 1 N–H and O–H groups in total. The standard InChI is InChI=1S/C10H14.C8H10O/c1-3-9-5-7-10(4-2)8-6-9;1-3-5-6-7-8(9)4-2/h5-8H,3-4H2,1-2H3;3-7,9H,1-2H2/b;6-5-,8-7+. The molecule has 0 atom stereocenters. The van der Waals surface area contributed by atoms with E-state index in [-0.39, 0.29) is 5.76 Å². The van der Waals surface area contributed by atoms with Gasteiger partial charge in [0.2, 0.25) is 0 Å². The summed E-state index contributed by atoms with van der Waals surface area (Å²) in [5, 5.41) is 8.74. The summed E-state index contributed by atoms with van der Waals surface area (Å²) in [5.41, 5.74) is 2.86. The fourth-order valence-electron chi connectivity index (χ4n) is 1.31. The largest absolute Gasteiger partial charge is 0.508 e. The van der Waals surface area contributed by atoms with Crippen molar-refractivity contribution in [2.75, 3.05) is 0 Å². The first-order valence-electron chi connectivity index (χ1n) is 6.56. The molecular weight excluding hydrogens is 232 g/mol. The van der Waals surface area contributed by atoms with E-state index in [1.54, 1.807) is 18.2 Å². The van der Waals surface area contributed by atoms with Gasteiger partial charge in [-0.3, -0.25) is 0 Å². The van der Waals surface area contributed by atoms with Crippen LogP contribution >= 0.6 is 0 Å². The Balaban J connectivity index is 0.000000344. The summed E-state index contributed by atoms with van der Waals surface area (Å²) in [6.45, 7) is 11.2. The van der Waals surface area contributed by atoms with Crippen molar-refractivity contribution in [3.63, 3.8) is 0 Å². The Morgan fingerprint density at radius 2 is 1.47 bits per heavy atom. The molecule has 0 spiro atoms. The zero-order chi connectivity index (χ0) is 14.5. The number of aliphatic hydroxyl groups excluding tert-OH is 1. The molecule has 0 bridgehead atoms. The lowest BCUT2D eigenvalue weighted by Gasteiger charge is -1.97. The highest BCUT2D eigenvalue weighted by Crippen LogP contribution is 2.04. The summed E-state index contributed by atoms with van der Waals surface area (Å²) in [4.78, 5) is 0. The van der Waals surface area contributed by atoms with Gasteiger partial charge in [0.05, 0.1) is 0 Å². The van der Waals surface area contributed by atoms with E-state index < -0.39 is 0 Å². The Hall–Kier alpha value is -2.02. The third-order valence-corrected chi connectivity index (χ3v) is 2.56. The molecule has 0 unspecified atom stereocenters. The Kier molecular flexibility index (Phi) is 9.91. The summed E-state index contributed by atoms with van der Waals surface area (Å²) >= 11 is 0. The third kappa shape index (κ3) is 8.67. The van der Waals surface area contributed by atoms with Crippen LogP contribution in [0, 0.1) is 0 Å². The van der Waals surface area contributed by atoms with Crippen molar-refractivity contribution in [2.24, 2.45) is 0 Å². The quantitative estimate of drug-likeness (QED) is 0.569. The molecule has 0 aliphatic heterocycles. The van der Waals surface area contributed by atoms with Gasteiger partial charge in [-0.2, -0.15) is 0 Å². The fourth-order valence-corrected chi connectivity index (χ4v) is 1.31. The van der Waals surface area contributed by atoms with E-state index in [0.717, 1.165) is 12.8 Å². The predicted molar refractivity (Wildman–Crippen MR) is 85.4 cm³/mol. The summed E-state index contributed by atoms with van der Waals surface area (Å²) in [7, 11) is 0. The van der Waals surface area contributed by atoms with Crippen LogP contribution in [0.3, 0.4) is 0 Å². The van der Waals surface area contributed by atoms with Crippen LogP contribution in [0.5, 0.6) is 0 Å². The predicted octanol–water partition coefficient (Wildman–Crippen LogP) is 5.17. The second kappa shape index (κ2) is 11.1. The number of hydrogen-bond acceptors (Lipinski definition) is 1. The molecule has 1 nitrogen and oxygen atoms in total. The molecule has 0 amide bonds. The Morgan fingerprint density at radius 1 is 1.00 bits per heavy atom. The lowest BCUT2D eigenvalue weighted by Crippen LogP contribution is -1.81. The van der Waals surface area contributed by atoms with Crippen LogP contribution in [0.15, 0.2) is 73.6 Å². The van der Waals surface area contributed by atoms with Crippen LogP contribution in [-0.4, -0.2) is 5.11 Å². The molecule has 0 aliphatic carbocycles. The van der Waals surface area contributed by atoms with E-state index in [1.165, 1.54) is 23.3 Å². The minimum absolute atomic E-state index is 0.160. The molecule has 0 heterocycles. The maximum absolute atomic E-state index is 8.74. The van der Waals surface area contributed by atoms with Crippen molar-refractivity contribution >= 4 is 0 Å². The zero-order valence-corrected chi connectivity index (χ0v) is 12.0. The average molecular weight is 256 g/mol. The van der Waals surface area contributed by atoms with Crippen molar-refractivity contribution in [2.45, 2.75) is 26.7 Å². The lowest BCUT2D eigenvalue weighted by atomic mass is 10.1. The molecule has 0 saturated heterocycles. The highest BCUT2D eigenvalue weighted by Gasteiger charge is 1.88. The molecule has 0 fully saturated rings. The van der Waals surface area contributed by atoms with Gasteiger partial charge in [0.1, 0.15) is 5.76 Å². The van der Waals surface area contributed by atoms with Gasteiger partial charge in [0, 0.05) is 0 Å². The summed E-state index contributed by atoms with van der Waals surface area (Å²) < 4.78 is 0. The van der Waals surface area contributed by atoms with E-state index in [2.05, 4.69) is 51.3 Å². The van der Waals surface area contributed by atoms with Crippen LogP contribution in [0.1, 0.15) is 25.0 Å². The third-order valence-electron chi connectivity index (χ3n) is 2.56. The summed E-state index contributed by atoms with van der Waals surface area (Å²) in [5.74, 6) is 0.160. The average Bonchev–Trinajstić information content (AvgIpc) is 2.48. The first kappa shape index (κ1) is 17.0. The van der Waals surface area contributed by atoms with Crippen LogP contribution in [0.4, 0.5) is 0 Å². The first-order valence-corrected chi connectivity index (χ1v) is 6.56. The van der Waals surface area contributed by atoms with Crippen molar-refractivity contribution in [3.05, 3.63) is 84.7 Å². The van der Waals surface area contributed by atoms with Crippen molar-refractivity contribution in [1.82, 2.24) is 0 Å². The van der Waals surface area contributed by atoms with E-state index in [0.29, 0.717) is 0 Å². The first-order chi connectivity index (χ1) is 9.17. The highest BCUT2D eigenvalue weighted by molar-refractivity contribution is 5.22. The van der Waals surface area contributed by atoms with Gasteiger partial charge < -0.3 is 5.11 Å². The molecule has 0 aromatic heterocycles. The maximum Gasteiger partial charge on any atom is 0.114 e. The Bertz CT molecular complexity index is 399. The second-order valence-electron chi connectivity index (χ2n) is 3.94. The van der Waals surface area contributed by atoms with Crippen LogP contribution in [-0.2, 0) is 12.8 Å². The van der Waals surface area contributed by atoms with Gasteiger partial charge in [-0.05, 0) is 36.1 Å². The highest BCUT2D eigenvalue weighted by atomic mass is 16.3. The molecule has 1 aromatic carbocycles. The molecule has 1 rings (SSSR count). The lowest BCUT2D eigenvalue weighted by molar-refractivity contribution is 0.433. The molecule has 0 aliphatic rings. The van der Waals surface area contributed by atoms with Crippen molar-refractivity contribution < 1.29 is 5.11 Å². The Labute approximate surface area is 117 Å². The molecule has 1 heteroatoms. The normalized spacial score (nSPS) is 10.7. The maximum atomic E-state index is 8.74. The van der Waals surface area contributed by atoms with E-state index in [4.69, 9.17) is 5.11 Å². The van der Waals surface area contributed by atoms with Crippen LogP contribution in [0.2, 0.25) is 0 Å². The van der Waals surface area contributed by atoms with E-state index >= 15 is 0 Å². The SMILES string of the molecule is C=C/C=C\C=C(\O)C=C.CCc1ccc(CC)cc1. The molecular formula is C18H24O. The number of benzene rings is 1. The topological polar surface area (TPSA) is 20.2 Å².